The smallest absolute Gasteiger partial charge is 0.107 e. The summed E-state index contributed by atoms with van der Waals surface area (Å²) < 4.78 is 0.888. The Kier molecular flexibility index (Phi) is 3.42. The van der Waals surface area contributed by atoms with Gasteiger partial charge in [0.05, 0.1) is 5.52 Å². The maximum Gasteiger partial charge on any atom is 0.107 e. The van der Waals surface area contributed by atoms with Crippen molar-refractivity contribution in [1.29, 1.82) is 0 Å². The minimum absolute atomic E-state index is 0.571. The highest BCUT2D eigenvalue weighted by Gasteiger charge is 2.16. The molecule has 0 radical (unpaired) electrons. The number of fused-ring (bicyclic) bond motifs is 1. The highest BCUT2D eigenvalue weighted by molar-refractivity contribution is 9.10. The molecule has 0 fully saturated rings. The molecule has 1 aromatic heterocycles. The molecule has 1 atom stereocenters. The van der Waals surface area contributed by atoms with Crippen LogP contribution in [0.2, 0.25) is 0 Å². The first-order valence-electron chi connectivity index (χ1n) is 6.23. The number of nitrogen functional groups attached to an aromatic ring is 1. The van der Waals surface area contributed by atoms with E-state index in [4.69, 9.17) is 5.73 Å². The molecule has 3 N–H and O–H groups in total. The van der Waals surface area contributed by atoms with Crippen LogP contribution in [0.4, 0.5) is 5.69 Å². The van der Waals surface area contributed by atoms with Gasteiger partial charge in [-0.05, 0) is 35.9 Å². The van der Waals surface area contributed by atoms with E-state index in [1.165, 1.54) is 0 Å². The molecular formula is C16H13BrN2O. The number of anilines is 1. The van der Waals surface area contributed by atoms with Gasteiger partial charge in [0.15, 0.2) is 0 Å². The predicted molar refractivity (Wildman–Crippen MR) is 84.4 cm³/mol. The number of aromatic nitrogens is 1. The van der Waals surface area contributed by atoms with Crippen LogP contribution >= 0.6 is 15.9 Å². The number of rotatable bonds is 2. The number of aliphatic hydroxyl groups is 1. The Balaban J connectivity index is 2.17. The molecular weight excluding hydrogens is 316 g/mol. The van der Waals surface area contributed by atoms with Crippen LogP contribution in [0.25, 0.3) is 10.9 Å². The topological polar surface area (TPSA) is 59.1 Å². The standard InChI is InChI=1S/C16H13BrN2O/c17-10-6-7-14(18)13(9-10)16(20)12-3-1-5-15-11(12)4-2-8-19-15/h1-9,16,20H,18H2. The minimum Gasteiger partial charge on any atom is -0.398 e. The van der Waals surface area contributed by atoms with E-state index < -0.39 is 6.10 Å². The van der Waals surface area contributed by atoms with Crippen molar-refractivity contribution >= 4 is 32.5 Å². The Hall–Kier alpha value is -1.91. The molecule has 3 nitrogen and oxygen atoms in total. The average Bonchev–Trinajstić information content (AvgIpc) is 2.48. The average molecular weight is 329 g/mol. The molecule has 0 bridgehead atoms. The lowest BCUT2D eigenvalue weighted by Gasteiger charge is -2.16. The number of hydrogen-bond donors (Lipinski definition) is 2. The summed E-state index contributed by atoms with van der Waals surface area (Å²) in [6.07, 6.45) is 0.965. The summed E-state index contributed by atoms with van der Waals surface area (Å²) in [5, 5.41) is 11.6. The molecule has 1 heterocycles. The number of pyridine rings is 1. The van der Waals surface area contributed by atoms with Crippen LogP contribution in [0.3, 0.4) is 0 Å². The summed E-state index contributed by atoms with van der Waals surface area (Å²) in [5.41, 5.74) is 8.90. The predicted octanol–water partition coefficient (Wildman–Crippen LogP) is 3.66. The molecule has 0 aliphatic heterocycles. The largest absolute Gasteiger partial charge is 0.398 e. The Morgan fingerprint density at radius 2 is 1.90 bits per heavy atom. The molecule has 0 spiro atoms. The molecule has 3 rings (SSSR count). The third kappa shape index (κ3) is 2.28. The van der Waals surface area contributed by atoms with Crippen LogP contribution in [-0.4, -0.2) is 10.1 Å². The van der Waals surface area contributed by atoms with Gasteiger partial charge in [-0.15, -0.1) is 0 Å². The summed E-state index contributed by atoms with van der Waals surface area (Å²) in [7, 11) is 0. The first-order valence-corrected chi connectivity index (χ1v) is 7.03. The molecule has 20 heavy (non-hydrogen) atoms. The summed E-state index contributed by atoms with van der Waals surface area (Å²) in [6, 6.07) is 15.0. The van der Waals surface area contributed by atoms with Gasteiger partial charge in [-0.2, -0.15) is 0 Å². The van der Waals surface area contributed by atoms with Crippen molar-refractivity contribution in [3.8, 4) is 0 Å². The molecule has 0 saturated carbocycles. The van der Waals surface area contributed by atoms with E-state index in [-0.39, 0.29) is 0 Å². The summed E-state index contributed by atoms with van der Waals surface area (Å²) >= 11 is 3.41. The van der Waals surface area contributed by atoms with E-state index in [2.05, 4.69) is 20.9 Å². The van der Waals surface area contributed by atoms with Gasteiger partial charge >= 0.3 is 0 Å². The van der Waals surface area contributed by atoms with Crippen molar-refractivity contribution in [2.75, 3.05) is 5.73 Å². The van der Waals surface area contributed by atoms with Gasteiger partial charge in [-0.3, -0.25) is 4.98 Å². The van der Waals surface area contributed by atoms with Crippen molar-refractivity contribution in [1.82, 2.24) is 4.98 Å². The second-order valence-electron chi connectivity index (χ2n) is 4.59. The van der Waals surface area contributed by atoms with Gasteiger partial charge in [0.1, 0.15) is 6.10 Å². The molecule has 0 saturated heterocycles. The van der Waals surface area contributed by atoms with Crippen LogP contribution in [0.5, 0.6) is 0 Å². The van der Waals surface area contributed by atoms with Crippen molar-refractivity contribution in [3.05, 3.63) is 70.3 Å². The quantitative estimate of drug-likeness (QED) is 0.706. The molecule has 0 aliphatic rings. The molecule has 2 aromatic carbocycles. The monoisotopic (exact) mass is 328 g/mol. The highest BCUT2D eigenvalue weighted by Crippen LogP contribution is 2.32. The fourth-order valence-electron chi connectivity index (χ4n) is 2.32. The summed E-state index contributed by atoms with van der Waals surface area (Å²) in [4.78, 5) is 4.31. The zero-order valence-electron chi connectivity index (χ0n) is 10.6. The van der Waals surface area contributed by atoms with Crippen LogP contribution in [-0.2, 0) is 0 Å². The Morgan fingerprint density at radius 1 is 1.05 bits per heavy atom. The lowest BCUT2D eigenvalue weighted by Crippen LogP contribution is -2.04. The first kappa shape index (κ1) is 13.1. The molecule has 1 unspecified atom stereocenters. The van der Waals surface area contributed by atoms with Gasteiger partial charge in [-0.1, -0.05) is 34.1 Å². The fourth-order valence-corrected chi connectivity index (χ4v) is 2.69. The lowest BCUT2D eigenvalue weighted by molar-refractivity contribution is 0.222. The fraction of sp³-hybridized carbons (Fsp3) is 0.0625. The van der Waals surface area contributed by atoms with Crippen molar-refractivity contribution in [3.63, 3.8) is 0 Å². The zero-order chi connectivity index (χ0) is 14.1. The second-order valence-corrected chi connectivity index (χ2v) is 5.51. The third-order valence-corrected chi connectivity index (χ3v) is 3.81. The minimum atomic E-state index is -0.777. The third-order valence-electron chi connectivity index (χ3n) is 3.32. The molecule has 0 aliphatic carbocycles. The van der Waals surface area contributed by atoms with Crippen LogP contribution in [0.15, 0.2) is 59.2 Å². The van der Waals surface area contributed by atoms with Gasteiger partial charge in [-0.25, -0.2) is 0 Å². The van der Waals surface area contributed by atoms with E-state index >= 15 is 0 Å². The number of halogens is 1. The van der Waals surface area contributed by atoms with E-state index in [0.717, 1.165) is 20.9 Å². The SMILES string of the molecule is Nc1ccc(Br)cc1C(O)c1cccc2ncccc12. The van der Waals surface area contributed by atoms with Crippen LogP contribution in [0, 0.1) is 0 Å². The Labute approximate surface area is 125 Å². The van der Waals surface area contributed by atoms with Crippen molar-refractivity contribution in [2.45, 2.75) is 6.10 Å². The summed E-state index contributed by atoms with van der Waals surface area (Å²) in [6.45, 7) is 0. The van der Waals surface area contributed by atoms with Gasteiger partial charge in [0, 0.05) is 27.3 Å². The molecule has 0 amide bonds. The van der Waals surface area contributed by atoms with E-state index in [1.54, 1.807) is 12.3 Å². The maximum atomic E-state index is 10.7. The van der Waals surface area contributed by atoms with Crippen LogP contribution < -0.4 is 5.73 Å². The zero-order valence-corrected chi connectivity index (χ0v) is 12.2. The molecule has 3 aromatic rings. The molecule has 100 valence electrons. The number of hydrogen-bond acceptors (Lipinski definition) is 3. The van der Waals surface area contributed by atoms with Gasteiger partial charge < -0.3 is 10.8 Å². The van der Waals surface area contributed by atoms with Gasteiger partial charge in [0.2, 0.25) is 0 Å². The number of nitrogens with zero attached hydrogens (tertiary/aromatic N) is 1. The number of benzene rings is 2. The highest BCUT2D eigenvalue weighted by atomic mass is 79.9. The van der Waals surface area contributed by atoms with Crippen molar-refractivity contribution in [2.24, 2.45) is 0 Å². The lowest BCUT2D eigenvalue weighted by atomic mass is 9.96. The van der Waals surface area contributed by atoms with E-state index in [1.807, 2.05) is 42.5 Å². The molecule has 4 heteroatoms. The van der Waals surface area contributed by atoms with Gasteiger partial charge in [0.25, 0.3) is 0 Å². The Morgan fingerprint density at radius 3 is 2.75 bits per heavy atom. The summed E-state index contributed by atoms with van der Waals surface area (Å²) in [5.74, 6) is 0. The number of aliphatic hydroxyl groups excluding tert-OH is 1. The first-order chi connectivity index (χ1) is 9.66. The second kappa shape index (κ2) is 5.23. The van der Waals surface area contributed by atoms with Crippen molar-refractivity contribution < 1.29 is 5.11 Å². The maximum absolute atomic E-state index is 10.7. The Bertz CT molecular complexity index is 768. The van der Waals surface area contributed by atoms with E-state index in [9.17, 15) is 5.11 Å². The normalized spacial score (nSPS) is 12.5. The van der Waals surface area contributed by atoms with Crippen LogP contribution in [0.1, 0.15) is 17.2 Å². The number of nitrogens with two attached hydrogens (primary N) is 1. The van der Waals surface area contributed by atoms with E-state index in [0.29, 0.717) is 11.3 Å².